The Morgan fingerprint density at radius 3 is 3.00 bits per heavy atom. The van der Waals surface area contributed by atoms with Crippen molar-refractivity contribution in [3.05, 3.63) is 17.8 Å². The van der Waals surface area contributed by atoms with Gasteiger partial charge < -0.3 is 9.73 Å². The van der Waals surface area contributed by atoms with Crippen molar-refractivity contribution in [3.8, 4) is 0 Å². The SMILES string of the molecule is CCSCCCNC(C)c1ncc(C)o1. The van der Waals surface area contributed by atoms with Crippen LogP contribution in [-0.2, 0) is 0 Å². The molecule has 0 spiro atoms. The average molecular weight is 228 g/mol. The van der Waals surface area contributed by atoms with Crippen LogP contribution in [0.2, 0.25) is 0 Å². The van der Waals surface area contributed by atoms with E-state index in [4.69, 9.17) is 4.42 Å². The third-order valence-corrected chi connectivity index (χ3v) is 3.12. The van der Waals surface area contributed by atoms with Crippen LogP contribution in [0.5, 0.6) is 0 Å². The summed E-state index contributed by atoms with van der Waals surface area (Å²) >= 11 is 1.98. The van der Waals surface area contributed by atoms with Crippen molar-refractivity contribution in [1.29, 1.82) is 0 Å². The second-order valence-electron chi connectivity index (χ2n) is 3.54. The van der Waals surface area contributed by atoms with E-state index in [-0.39, 0.29) is 6.04 Å². The quantitative estimate of drug-likeness (QED) is 0.728. The summed E-state index contributed by atoms with van der Waals surface area (Å²) in [6.07, 6.45) is 2.96. The van der Waals surface area contributed by atoms with E-state index in [1.54, 1.807) is 6.20 Å². The summed E-state index contributed by atoms with van der Waals surface area (Å²) < 4.78 is 5.44. The molecule has 86 valence electrons. The number of rotatable bonds is 7. The van der Waals surface area contributed by atoms with Crippen molar-refractivity contribution in [2.75, 3.05) is 18.1 Å². The Morgan fingerprint density at radius 1 is 1.60 bits per heavy atom. The molecule has 1 heterocycles. The molecule has 1 rings (SSSR count). The Labute approximate surface area is 96.0 Å². The van der Waals surface area contributed by atoms with E-state index in [2.05, 4.69) is 24.1 Å². The summed E-state index contributed by atoms with van der Waals surface area (Å²) in [6, 6.07) is 0.213. The lowest BCUT2D eigenvalue weighted by atomic mass is 10.3. The molecule has 1 aromatic heterocycles. The molecule has 0 bridgehead atoms. The molecule has 0 amide bonds. The summed E-state index contributed by atoms with van der Waals surface area (Å²) in [5.41, 5.74) is 0. The van der Waals surface area contributed by atoms with Gasteiger partial charge in [0.1, 0.15) is 5.76 Å². The maximum absolute atomic E-state index is 5.44. The maximum Gasteiger partial charge on any atom is 0.211 e. The summed E-state index contributed by atoms with van der Waals surface area (Å²) in [4.78, 5) is 4.20. The minimum Gasteiger partial charge on any atom is -0.444 e. The molecule has 1 aromatic rings. The van der Waals surface area contributed by atoms with Crippen molar-refractivity contribution in [3.63, 3.8) is 0 Å². The molecule has 0 aliphatic rings. The predicted octanol–water partition coefficient (Wildman–Crippen LogP) is 2.78. The monoisotopic (exact) mass is 228 g/mol. The highest BCUT2D eigenvalue weighted by Crippen LogP contribution is 2.11. The Hall–Kier alpha value is -0.480. The first-order valence-corrected chi connectivity index (χ1v) is 6.63. The molecule has 0 saturated heterocycles. The number of nitrogens with zero attached hydrogens (tertiary/aromatic N) is 1. The lowest BCUT2D eigenvalue weighted by molar-refractivity contribution is 0.404. The van der Waals surface area contributed by atoms with Crippen LogP contribution in [0.1, 0.15) is 38.0 Å². The summed E-state index contributed by atoms with van der Waals surface area (Å²) in [5, 5.41) is 3.40. The summed E-state index contributed by atoms with van der Waals surface area (Å²) in [7, 11) is 0. The number of thioether (sulfide) groups is 1. The van der Waals surface area contributed by atoms with Crippen molar-refractivity contribution in [2.45, 2.75) is 33.2 Å². The minimum atomic E-state index is 0.213. The zero-order valence-corrected chi connectivity index (χ0v) is 10.6. The van der Waals surface area contributed by atoms with E-state index in [9.17, 15) is 0 Å². The molecule has 4 heteroatoms. The minimum absolute atomic E-state index is 0.213. The first-order chi connectivity index (χ1) is 7.24. The van der Waals surface area contributed by atoms with Crippen LogP contribution >= 0.6 is 11.8 Å². The summed E-state index contributed by atoms with van der Waals surface area (Å²) in [5.74, 6) is 4.09. The largest absolute Gasteiger partial charge is 0.444 e. The van der Waals surface area contributed by atoms with Crippen LogP contribution in [0.15, 0.2) is 10.6 Å². The van der Waals surface area contributed by atoms with E-state index in [0.717, 1.165) is 18.2 Å². The van der Waals surface area contributed by atoms with Gasteiger partial charge in [-0.2, -0.15) is 11.8 Å². The van der Waals surface area contributed by atoms with Crippen LogP contribution in [0.25, 0.3) is 0 Å². The van der Waals surface area contributed by atoms with Gasteiger partial charge >= 0.3 is 0 Å². The van der Waals surface area contributed by atoms with Gasteiger partial charge in [0.05, 0.1) is 12.2 Å². The Morgan fingerprint density at radius 2 is 2.40 bits per heavy atom. The fourth-order valence-corrected chi connectivity index (χ4v) is 1.93. The maximum atomic E-state index is 5.44. The fraction of sp³-hybridized carbons (Fsp3) is 0.727. The standard InChI is InChI=1S/C11H20N2OS/c1-4-15-7-5-6-12-10(3)11-13-8-9(2)14-11/h8,10,12H,4-7H2,1-3H3. The first-order valence-electron chi connectivity index (χ1n) is 5.47. The lowest BCUT2D eigenvalue weighted by Crippen LogP contribution is -2.20. The van der Waals surface area contributed by atoms with Crippen LogP contribution < -0.4 is 5.32 Å². The third-order valence-electron chi connectivity index (χ3n) is 2.13. The number of nitrogens with one attached hydrogen (secondary N) is 1. The number of hydrogen-bond donors (Lipinski definition) is 1. The van der Waals surface area contributed by atoms with Gasteiger partial charge in [-0.3, -0.25) is 0 Å². The molecule has 1 atom stereocenters. The highest BCUT2D eigenvalue weighted by Gasteiger charge is 2.09. The number of aryl methyl sites for hydroxylation is 1. The Kier molecular flexibility index (Phi) is 5.79. The van der Waals surface area contributed by atoms with E-state index >= 15 is 0 Å². The molecule has 3 nitrogen and oxygen atoms in total. The third kappa shape index (κ3) is 4.71. The van der Waals surface area contributed by atoms with Crippen molar-refractivity contribution in [1.82, 2.24) is 10.3 Å². The molecule has 15 heavy (non-hydrogen) atoms. The van der Waals surface area contributed by atoms with E-state index in [1.165, 1.54) is 17.9 Å². The van der Waals surface area contributed by atoms with Crippen LogP contribution in [0.4, 0.5) is 0 Å². The van der Waals surface area contributed by atoms with Crippen LogP contribution in [0, 0.1) is 6.92 Å². The van der Waals surface area contributed by atoms with E-state index in [0.29, 0.717) is 0 Å². The predicted molar refractivity (Wildman–Crippen MR) is 65.3 cm³/mol. The van der Waals surface area contributed by atoms with Gasteiger partial charge in [-0.05, 0) is 38.3 Å². The second kappa shape index (κ2) is 6.90. The first kappa shape index (κ1) is 12.6. The number of aromatic nitrogens is 1. The average Bonchev–Trinajstić information content (AvgIpc) is 2.64. The molecular formula is C11H20N2OS. The topological polar surface area (TPSA) is 38.1 Å². The molecule has 0 aliphatic carbocycles. The van der Waals surface area contributed by atoms with Gasteiger partial charge in [-0.25, -0.2) is 4.98 Å². The van der Waals surface area contributed by atoms with Gasteiger partial charge in [0.2, 0.25) is 5.89 Å². The molecule has 0 aromatic carbocycles. The molecular weight excluding hydrogens is 208 g/mol. The van der Waals surface area contributed by atoms with Gasteiger partial charge in [0, 0.05) is 0 Å². The normalized spacial score (nSPS) is 13.0. The molecule has 0 aliphatic heterocycles. The molecule has 1 unspecified atom stereocenters. The van der Waals surface area contributed by atoms with Gasteiger partial charge in [-0.1, -0.05) is 6.92 Å². The second-order valence-corrected chi connectivity index (χ2v) is 4.93. The Bertz CT molecular complexity index is 275. The number of oxazole rings is 1. The fourth-order valence-electron chi connectivity index (χ4n) is 1.30. The highest BCUT2D eigenvalue weighted by atomic mass is 32.2. The van der Waals surface area contributed by atoms with Gasteiger partial charge in [0.25, 0.3) is 0 Å². The van der Waals surface area contributed by atoms with E-state index < -0.39 is 0 Å². The summed E-state index contributed by atoms with van der Waals surface area (Å²) in [6.45, 7) is 7.21. The molecule has 0 saturated carbocycles. The molecule has 1 N–H and O–H groups in total. The van der Waals surface area contributed by atoms with Crippen LogP contribution in [-0.4, -0.2) is 23.0 Å². The molecule has 0 radical (unpaired) electrons. The van der Waals surface area contributed by atoms with Crippen molar-refractivity contribution < 1.29 is 4.42 Å². The highest BCUT2D eigenvalue weighted by molar-refractivity contribution is 7.99. The zero-order chi connectivity index (χ0) is 11.1. The lowest BCUT2D eigenvalue weighted by Gasteiger charge is -2.09. The smallest absolute Gasteiger partial charge is 0.211 e. The Balaban J connectivity index is 2.16. The van der Waals surface area contributed by atoms with Gasteiger partial charge in [0.15, 0.2) is 0 Å². The van der Waals surface area contributed by atoms with Crippen molar-refractivity contribution in [2.24, 2.45) is 0 Å². The zero-order valence-electron chi connectivity index (χ0n) is 9.75. The van der Waals surface area contributed by atoms with Gasteiger partial charge in [-0.15, -0.1) is 0 Å². The van der Waals surface area contributed by atoms with Crippen molar-refractivity contribution >= 4 is 11.8 Å². The van der Waals surface area contributed by atoms with E-state index in [1.807, 2.05) is 18.7 Å². The van der Waals surface area contributed by atoms with Crippen LogP contribution in [0.3, 0.4) is 0 Å². The number of hydrogen-bond acceptors (Lipinski definition) is 4. The molecule has 0 fully saturated rings.